The van der Waals surface area contributed by atoms with E-state index in [0.717, 1.165) is 27.2 Å². The van der Waals surface area contributed by atoms with Gasteiger partial charge in [-0.1, -0.05) is 6.42 Å². The van der Waals surface area contributed by atoms with Gasteiger partial charge in [0.15, 0.2) is 0 Å². The van der Waals surface area contributed by atoms with Crippen molar-refractivity contribution in [1.29, 1.82) is 0 Å². The topological polar surface area (TPSA) is 55.1 Å². The van der Waals surface area contributed by atoms with E-state index in [1.54, 1.807) is 0 Å². The molecule has 0 saturated heterocycles. The fraction of sp³-hybridized carbons (Fsp3) is 0.400. The van der Waals surface area contributed by atoms with Gasteiger partial charge in [0, 0.05) is 21.7 Å². The highest BCUT2D eigenvalue weighted by molar-refractivity contribution is 8.00. The van der Waals surface area contributed by atoms with Crippen molar-refractivity contribution in [2.75, 3.05) is 18.5 Å². The van der Waals surface area contributed by atoms with Crippen molar-refractivity contribution in [1.82, 2.24) is 5.32 Å². The van der Waals surface area contributed by atoms with Gasteiger partial charge >= 0.3 is 0 Å². The molecule has 20 heavy (non-hydrogen) atoms. The Balaban J connectivity index is 1.72. The maximum atomic E-state index is 12.3. The fourth-order valence-electron chi connectivity index (χ4n) is 2.53. The van der Waals surface area contributed by atoms with E-state index >= 15 is 0 Å². The first-order valence-corrected chi connectivity index (χ1v) is 8.78. The lowest BCUT2D eigenvalue weighted by atomic mass is 9.84. The molecule has 0 atom stereocenters. The number of hydrogen-bond acceptors (Lipinski definition) is 4. The first kappa shape index (κ1) is 13.8. The molecule has 3 rings (SSSR count). The maximum absolute atomic E-state index is 12.3. The van der Waals surface area contributed by atoms with Crippen LogP contribution in [0.2, 0.25) is 0 Å². The van der Waals surface area contributed by atoms with E-state index in [0.29, 0.717) is 0 Å². The predicted molar refractivity (Wildman–Crippen MR) is 88.7 cm³/mol. The number of benzene rings is 1. The van der Waals surface area contributed by atoms with Crippen molar-refractivity contribution in [3.05, 3.63) is 29.1 Å². The minimum atomic E-state index is 0.0325. The van der Waals surface area contributed by atoms with Gasteiger partial charge in [-0.25, -0.2) is 0 Å². The van der Waals surface area contributed by atoms with Crippen LogP contribution in [-0.2, 0) is 0 Å². The number of rotatable bonds is 4. The summed E-state index contributed by atoms with van der Waals surface area (Å²) in [5.41, 5.74) is 6.50. The Labute approximate surface area is 126 Å². The second-order valence-corrected chi connectivity index (χ2v) is 7.69. The SMILES string of the molecule is CSC1(CNC(=O)c2cc3cc(N)ccc3s2)CCC1. The van der Waals surface area contributed by atoms with Crippen LogP contribution in [0.5, 0.6) is 0 Å². The highest BCUT2D eigenvalue weighted by atomic mass is 32.2. The average molecular weight is 306 g/mol. The number of carbonyl (C=O) groups excluding carboxylic acids is 1. The fourth-order valence-corrected chi connectivity index (χ4v) is 4.40. The highest BCUT2D eigenvalue weighted by Crippen LogP contribution is 2.42. The quantitative estimate of drug-likeness (QED) is 0.850. The molecular formula is C15H18N2OS2. The van der Waals surface area contributed by atoms with Crippen molar-refractivity contribution >= 4 is 44.8 Å². The van der Waals surface area contributed by atoms with Crippen LogP contribution in [0.3, 0.4) is 0 Å². The zero-order valence-corrected chi connectivity index (χ0v) is 13.1. The summed E-state index contributed by atoms with van der Waals surface area (Å²) in [6, 6.07) is 7.69. The van der Waals surface area contributed by atoms with Crippen molar-refractivity contribution in [3.63, 3.8) is 0 Å². The molecule has 5 heteroatoms. The third-order valence-corrected chi connectivity index (χ3v) is 6.57. The van der Waals surface area contributed by atoms with Crippen LogP contribution in [0, 0.1) is 0 Å². The first-order valence-electron chi connectivity index (χ1n) is 6.74. The third kappa shape index (κ3) is 2.52. The van der Waals surface area contributed by atoms with Crippen LogP contribution < -0.4 is 11.1 Å². The molecule has 1 aliphatic rings. The number of nitrogens with one attached hydrogen (secondary N) is 1. The molecule has 1 aliphatic carbocycles. The first-order chi connectivity index (χ1) is 9.62. The van der Waals surface area contributed by atoms with Gasteiger partial charge in [-0.3, -0.25) is 4.79 Å². The second-order valence-electron chi connectivity index (χ2n) is 5.33. The van der Waals surface area contributed by atoms with Crippen LogP contribution in [-0.4, -0.2) is 23.5 Å². The number of anilines is 1. The Bertz CT molecular complexity index is 641. The van der Waals surface area contributed by atoms with E-state index in [4.69, 9.17) is 5.73 Å². The van der Waals surface area contributed by atoms with Crippen LogP contribution in [0.4, 0.5) is 5.69 Å². The number of nitrogen functional groups attached to an aromatic ring is 1. The molecular weight excluding hydrogens is 288 g/mol. The molecule has 0 bridgehead atoms. The largest absolute Gasteiger partial charge is 0.399 e. The molecule has 0 unspecified atom stereocenters. The summed E-state index contributed by atoms with van der Waals surface area (Å²) < 4.78 is 1.38. The maximum Gasteiger partial charge on any atom is 0.261 e. The van der Waals surface area contributed by atoms with Crippen molar-refractivity contribution in [2.45, 2.75) is 24.0 Å². The molecule has 3 N–H and O–H groups in total. The van der Waals surface area contributed by atoms with Crippen LogP contribution in [0.1, 0.15) is 28.9 Å². The van der Waals surface area contributed by atoms with Crippen molar-refractivity contribution in [2.24, 2.45) is 0 Å². The van der Waals surface area contributed by atoms with Gasteiger partial charge in [-0.05, 0) is 48.7 Å². The summed E-state index contributed by atoms with van der Waals surface area (Å²) in [6.45, 7) is 0.767. The molecule has 2 aromatic rings. The zero-order chi connectivity index (χ0) is 14.2. The molecule has 0 radical (unpaired) electrons. The Morgan fingerprint density at radius 3 is 2.90 bits per heavy atom. The van der Waals surface area contributed by atoms with Gasteiger partial charge in [0.2, 0.25) is 0 Å². The summed E-state index contributed by atoms with van der Waals surface area (Å²) in [7, 11) is 0. The molecule has 1 aromatic heterocycles. The van der Waals surface area contributed by atoms with E-state index in [1.807, 2.05) is 36.0 Å². The number of carbonyl (C=O) groups is 1. The Morgan fingerprint density at radius 2 is 2.25 bits per heavy atom. The molecule has 1 saturated carbocycles. The Hall–Kier alpha value is -1.20. The Kier molecular flexibility index (Phi) is 3.65. The third-order valence-electron chi connectivity index (χ3n) is 4.03. The number of thioether (sulfide) groups is 1. The Morgan fingerprint density at radius 1 is 1.45 bits per heavy atom. The lowest BCUT2D eigenvalue weighted by Crippen LogP contribution is -2.45. The summed E-state index contributed by atoms with van der Waals surface area (Å²) in [6.07, 6.45) is 5.82. The number of fused-ring (bicyclic) bond motifs is 1. The summed E-state index contributed by atoms with van der Waals surface area (Å²) >= 11 is 3.40. The second kappa shape index (κ2) is 5.30. The molecule has 0 spiro atoms. The van der Waals surface area contributed by atoms with E-state index in [1.165, 1.54) is 30.6 Å². The molecule has 1 aromatic carbocycles. The zero-order valence-electron chi connectivity index (χ0n) is 11.4. The number of thiophene rings is 1. The predicted octanol–water partition coefficient (Wildman–Crippen LogP) is 3.50. The lowest BCUT2D eigenvalue weighted by molar-refractivity contribution is 0.0948. The van der Waals surface area contributed by atoms with Crippen LogP contribution in [0.15, 0.2) is 24.3 Å². The minimum absolute atomic E-state index is 0.0325. The van der Waals surface area contributed by atoms with E-state index < -0.39 is 0 Å². The van der Waals surface area contributed by atoms with E-state index in [9.17, 15) is 4.79 Å². The lowest BCUT2D eigenvalue weighted by Gasteiger charge is -2.40. The van der Waals surface area contributed by atoms with Crippen molar-refractivity contribution < 1.29 is 4.79 Å². The molecule has 1 fully saturated rings. The van der Waals surface area contributed by atoms with Gasteiger partial charge in [0.25, 0.3) is 5.91 Å². The summed E-state index contributed by atoms with van der Waals surface area (Å²) in [4.78, 5) is 13.0. The monoisotopic (exact) mass is 306 g/mol. The minimum Gasteiger partial charge on any atom is -0.399 e. The van der Waals surface area contributed by atoms with Gasteiger partial charge in [0.05, 0.1) is 4.88 Å². The molecule has 0 aliphatic heterocycles. The van der Waals surface area contributed by atoms with E-state index in [2.05, 4.69) is 11.6 Å². The van der Waals surface area contributed by atoms with Gasteiger partial charge < -0.3 is 11.1 Å². The van der Waals surface area contributed by atoms with Crippen LogP contribution >= 0.6 is 23.1 Å². The summed E-state index contributed by atoms with van der Waals surface area (Å²) in [5.74, 6) is 0.0325. The van der Waals surface area contributed by atoms with Crippen LogP contribution in [0.25, 0.3) is 10.1 Å². The number of hydrogen-bond donors (Lipinski definition) is 2. The van der Waals surface area contributed by atoms with Crippen molar-refractivity contribution in [3.8, 4) is 0 Å². The number of nitrogens with two attached hydrogens (primary N) is 1. The van der Waals surface area contributed by atoms with Gasteiger partial charge in [0.1, 0.15) is 0 Å². The molecule has 1 amide bonds. The summed E-state index contributed by atoms with van der Waals surface area (Å²) in [5, 5.41) is 4.13. The highest BCUT2D eigenvalue weighted by Gasteiger charge is 2.36. The number of amides is 1. The normalized spacial score (nSPS) is 16.9. The average Bonchev–Trinajstić information content (AvgIpc) is 2.80. The smallest absolute Gasteiger partial charge is 0.261 e. The van der Waals surface area contributed by atoms with Gasteiger partial charge in [-0.15, -0.1) is 11.3 Å². The molecule has 1 heterocycles. The van der Waals surface area contributed by atoms with E-state index in [-0.39, 0.29) is 10.7 Å². The van der Waals surface area contributed by atoms with Gasteiger partial charge in [-0.2, -0.15) is 11.8 Å². The standard InChI is InChI=1S/C15H18N2OS2/c1-19-15(5-2-6-15)9-17-14(18)13-8-10-7-11(16)3-4-12(10)20-13/h3-4,7-8H,2,5-6,9,16H2,1H3,(H,17,18). The molecule has 3 nitrogen and oxygen atoms in total. The molecule has 106 valence electrons.